The van der Waals surface area contributed by atoms with Gasteiger partial charge in [-0.25, -0.2) is 0 Å². The fraction of sp³-hybridized carbons (Fsp3) is 0.600. The lowest BCUT2D eigenvalue weighted by molar-refractivity contribution is -0.0457. The Hall–Kier alpha value is -0.600. The molecule has 0 spiro atoms. The van der Waals surface area contributed by atoms with Gasteiger partial charge >= 0.3 is 0 Å². The van der Waals surface area contributed by atoms with Gasteiger partial charge in [-0.1, -0.05) is 24.3 Å². The molecule has 2 N–H and O–H groups in total. The third kappa shape index (κ3) is 4.31. The molecule has 70 valence electrons. The van der Waals surface area contributed by atoms with Gasteiger partial charge in [-0.3, -0.25) is 0 Å². The van der Waals surface area contributed by atoms with Crippen LogP contribution < -0.4 is 0 Å². The van der Waals surface area contributed by atoms with Crippen molar-refractivity contribution >= 4 is 0 Å². The van der Waals surface area contributed by atoms with Crippen LogP contribution in [0.4, 0.5) is 0 Å². The number of allylic oxidation sites excluding steroid dienone is 2. The fourth-order valence-electron chi connectivity index (χ4n) is 0.669. The van der Waals surface area contributed by atoms with Crippen molar-refractivity contribution in [3.8, 4) is 0 Å². The molecule has 0 rings (SSSR count). The molecule has 0 amide bonds. The van der Waals surface area contributed by atoms with Gasteiger partial charge in [0.1, 0.15) is 0 Å². The zero-order chi connectivity index (χ0) is 9.78. The molecular formula is C10H18O2. The fourth-order valence-corrected chi connectivity index (χ4v) is 0.669. The molecule has 0 bridgehead atoms. The second-order valence-corrected chi connectivity index (χ2v) is 3.56. The first kappa shape index (κ1) is 11.4. The van der Waals surface area contributed by atoms with E-state index in [1.807, 2.05) is 13.0 Å². The average molecular weight is 170 g/mol. The Morgan fingerprint density at radius 2 is 2.08 bits per heavy atom. The van der Waals surface area contributed by atoms with Crippen molar-refractivity contribution in [2.75, 3.05) is 0 Å². The number of aliphatic hydroxyl groups excluding tert-OH is 1. The molecule has 0 aliphatic rings. The van der Waals surface area contributed by atoms with E-state index >= 15 is 0 Å². The predicted molar refractivity (Wildman–Crippen MR) is 50.9 cm³/mol. The van der Waals surface area contributed by atoms with E-state index in [1.54, 1.807) is 19.9 Å². The molecule has 12 heavy (non-hydrogen) atoms. The molecule has 0 aromatic carbocycles. The minimum atomic E-state index is -1.03. The first-order valence-electron chi connectivity index (χ1n) is 4.07. The molecule has 2 nitrogen and oxygen atoms in total. The first-order chi connectivity index (χ1) is 5.38. The number of rotatable bonds is 4. The Kier molecular flexibility index (Phi) is 4.21. The monoisotopic (exact) mass is 170 g/mol. The Morgan fingerprint density at radius 3 is 2.42 bits per heavy atom. The van der Waals surface area contributed by atoms with Crippen molar-refractivity contribution in [1.29, 1.82) is 0 Å². The van der Waals surface area contributed by atoms with E-state index in [9.17, 15) is 10.2 Å². The molecule has 2 heteroatoms. The predicted octanol–water partition coefficient (Wildman–Crippen LogP) is 1.64. The second kappa shape index (κ2) is 4.43. The summed E-state index contributed by atoms with van der Waals surface area (Å²) in [5.74, 6) is 0. The van der Waals surface area contributed by atoms with Gasteiger partial charge in [0.2, 0.25) is 0 Å². The van der Waals surface area contributed by atoms with Crippen LogP contribution in [0, 0.1) is 0 Å². The molecule has 0 unspecified atom stereocenters. The topological polar surface area (TPSA) is 40.5 Å². The first-order valence-corrected chi connectivity index (χ1v) is 4.07. The van der Waals surface area contributed by atoms with Gasteiger partial charge in [-0.2, -0.15) is 0 Å². The molecule has 1 atom stereocenters. The Morgan fingerprint density at radius 1 is 1.58 bits per heavy atom. The van der Waals surface area contributed by atoms with E-state index in [-0.39, 0.29) is 0 Å². The van der Waals surface area contributed by atoms with Gasteiger partial charge in [0.15, 0.2) is 0 Å². The van der Waals surface area contributed by atoms with Crippen LogP contribution in [0.15, 0.2) is 24.3 Å². The summed E-state index contributed by atoms with van der Waals surface area (Å²) < 4.78 is 0. The minimum absolute atomic E-state index is 0.460. The Bertz CT molecular complexity index is 175. The molecule has 0 aromatic heterocycles. The maximum absolute atomic E-state index is 9.40. The van der Waals surface area contributed by atoms with Gasteiger partial charge in [-0.15, -0.1) is 0 Å². The highest BCUT2D eigenvalue weighted by molar-refractivity contribution is 5.13. The summed E-state index contributed by atoms with van der Waals surface area (Å²) in [6.07, 6.45) is 3.32. The normalized spacial score (nSPS) is 15.9. The highest BCUT2D eigenvalue weighted by Crippen LogP contribution is 2.13. The zero-order valence-electron chi connectivity index (χ0n) is 8.04. The lowest BCUT2D eigenvalue weighted by Gasteiger charge is -2.23. The van der Waals surface area contributed by atoms with Crippen LogP contribution in [0.2, 0.25) is 0 Å². The number of hydrogen-bond acceptors (Lipinski definition) is 2. The Labute approximate surface area is 74.2 Å². The van der Waals surface area contributed by atoms with Gasteiger partial charge in [0.25, 0.3) is 0 Å². The van der Waals surface area contributed by atoms with Crippen molar-refractivity contribution in [1.82, 2.24) is 0 Å². The Balaban J connectivity index is 4.03. The molecule has 0 saturated carbocycles. The van der Waals surface area contributed by atoms with E-state index in [1.165, 1.54) is 0 Å². The molecule has 0 radical (unpaired) electrons. The standard InChI is InChI=1S/C10H18O2/c1-5-8(2)6-7-9(11)10(3,4)12/h5-6,9,11-12H,1,7H2,2-4H3/b8-6-/t9-/m1/s1. The van der Waals surface area contributed by atoms with Crippen molar-refractivity contribution in [2.45, 2.75) is 38.9 Å². The lowest BCUT2D eigenvalue weighted by atomic mass is 9.98. The molecule has 0 aromatic rings. The van der Waals surface area contributed by atoms with Crippen molar-refractivity contribution < 1.29 is 10.2 Å². The van der Waals surface area contributed by atoms with Crippen LogP contribution in [0.25, 0.3) is 0 Å². The van der Waals surface area contributed by atoms with Crippen molar-refractivity contribution in [3.05, 3.63) is 24.3 Å². The molecule has 0 heterocycles. The highest BCUT2D eigenvalue weighted by atomic mass is 16.3. The van der Waals surface area contributed by atoms with Crippen LogP contribution in [0.1, 0.15) is 27.2 Å². The van der Waals surface area contributed by atoms with Crippen LogP contribution in [-0.2, 0) is 0 Å². The van der Waals surface area contributed by atoms with E-state index < -0.39 is 11.7 Å². The van der Waals surface area contributed by atoms with Crippen LogP contribution >= 0.6 is 0 Å². The number of hydrogen-bond donors (Lipinski definition) is 2. The maximum atomic E-state index is 9.40. The summed E-state index contributed by atoms with van der Waals surface area (Å²) in [4.78, 5) is 0. The van der Waals surface area contributed by atoms with E-state index in [0.29, 0.717) is 6.42 Å². The average Bonchev–Trinajstić information content (AvgIpc) is 1.97. The summed E-state index contributed by atoms with van der Waals surface area (Å²) in [5, 5.41) is 18.8. The highest BCUT2D eigenvalue weighted by Gasteiger charge is 2.22. The van der Waals surface area contributed by atoms with Gasteiger partial charge in [0, 0.05) is 0 Å². The van der Waals surface area contributed by atoms with Crippen molar-refractivity contribution in [3.63, 3.8) is 0 Å². The largest absolute Gasteiger partial charge is 0.390 e. The van der Waals surface area contributed by atoms with E-state index in [4.69, 9.17) is 0 Å². The SMILES string of the molecule is C=C/C(C)=C\C[C@@H](O)C(C)(C)O. The third-order valence-corrected chi connectivity index (χ3v) is 1.80. The summed E-state index contributed by atoms with van der Waals surface area (Å²) in [7, 11) is 0. The van der Waals surface area contributed by atoms with Gasteiger partial charge in [-0.05, 0) is 27.2 Å². The smallest absolute Gasteiger partial charge is 0.0856 e. The molecule has 0 aliphatic carbocycles. The van der Waals surface area contributed by atoms with Gasteiger partial charge < -0.3 is 10.2 Å². The molecule has 0 aliphatic heterocycles. The summed E-state index contributed by atoms with van der Waals surface area (Å²) in [5.41, 5.74) is -0.0175. The van der Waals surface area contributed by atoms with Gasteiger partial charge in [0.05, 0.1) is 11.7 Å². The summed E-state index contributed by atoms with van der Waals surface area (Å²) in [6.45, 7) is 8.68. The molecule has 0 fully saturated rings. The van der Waals surface area contributed by atoms with Crippen LogP contribution in [-0.4, -0.2) is 21.9 Å². The minimum Gasteiger partial charge on any atom is -0.390 e. The van der Waals surface area contributed by atoms with E-state index in [2.05, 4.69) is 6.58 Å². The quantitative estimate of drug-likeness (QED) is 0.630. The van der Waals surface area contributed by atoms with E-state index in [0.717, 1.165) is 5.57 Å². The zero-order valence-corrected chi connectivity index (χ0v) is 8.04. The second-order valence-electron chi connectivity index (χ2n) is 3.56. The maximum Gasteiger partial charge on any atom is 0.0856 e. The molecular weight excluding hydrogens is 152 g/mol. The third-order valence-electron chi connectivity index (χ3n) is 1.80. The summed E-state index contributed by atoms with van der Waals surface area (Å²) in [6, 6.07) is 0. The van der Waals surface area contributed by atoms with Crippen LogP contribution in [0.5, 0.6) is 0 Å². The lowest BCUT2D eigenvalue weighted by Crippen LogP contribution is -2.35. The van der Waals surface area contributed by atoms with Crippen LogP contribution in [0.3, 0.4) is 0 Å². The summed E-state index contributed by atoms with van der Waals surface area (Å²) >= 11 is 0. The molecule has 0 saturated heterocycles. The van der Waals surface area contributed by atoms with Crippen molar-refractivity contribution in [2.24, 2.45) is 0 Å². The number of aliphatic hydroxyl groups is 2.